The van der Waals surface area contributed by atoms with Crippen LogP contribution in [0.25, 0.3) is 0 Å². The lowest BCUT2D eigenvalue weighted by Crippen LogP contribution is -2.63. The second-order valence-electron chi connectivity index (χ2n) is 15.0. The summed E-state index contributed by atoms with van der Waals surface area (Å²) in [4.78, 5) is 56.7. The Morgan fingerprint density at radius 3 is 2.59 bits per heavy atom. The minimum atomic E-state index is -1.82. The van der Waals surface area contributed by atoms with Crippen molar-refractivity contribution < 1.29 is 48.0 Å². The van der Waals surface area contributed by atoms with Crippen LogP contribution in [0.3, 0.4) is 0 Å². The lowest BCUT2D eigenvalue weighted by atomic mass is 9.83. The van der Waals surface area contributed by atoms with Gasteiger partial charge < -0.3 is 38.6 Å². The molecule has 4 bridgehead atoms. The molecular weight excluding hydrogens is 738 g/mol. The number of esters is 1. The molecule has 0 aliphatic carbocycles. The van der Waals surface area contributed by atoms with Crippen LogP contribution in [0.1, 0.15) is 65.9 Å². The average Bonchev–Trinajstić information content (AvgIpc) is 3.82. The van der Waals surface area contributed by atoms with Crippen LogP contribution >= 0.6 is 23.4 Å². The summed E-state index contributed by atoms with van der Waals surface area (Å²) in [7, 11) is 6.08. The number of nitrogens with zero attached hydrogens (tertiary/aromatic N) is 2. The monoisotopic (exact) mass is 793 g/mol. The van der Waals surface area contributed by atoms with Gasteiger partial charge in [0.15, 0.2) is 5.72 Å². The SMILES string of the molecule is COc1cc2cc(c1Cl)N(C)C(=O)C[C@H](OC(=O)[C@H](C)N(C)C(=O)CCC(C)CSC)[C@]1(C)O[C@H]1[C@H](C)[C@@H]1C[C@@](O)(NC(=O)O1)[C@H](OC)/C=C/C=C(\C)C2. The van der Waals surface area contributed by atoms with E-state index in [4.69, 9.17) is 35.3 Å². The number of rotatable bonds is 10. The number of benzene rings is 1. The summed E-state index contributed by atoms with van der Waals surface area (Å²) in [6.45, 7) is 9.14. The first-order chi connectivity index (χ1) is 25.4. The predicted molar refractivity (Wildman–Crippen MR) is 208 cm³/mol. The van der Waals surface area contributed by atoms with Crippen LogP contribution in [0.2, 0.25) is 5.02 Å². The van der Waals surface area contributed by atoms with Crippen molar-refractivity contribution in [2.45, 2.75) is 109 Å². The number of anilines is 1. The van der Waals surface area contributed by atoms with Crippen molar-refractivity contribution in [3.8, 4) is 5.75 Å². The lowest BCUT2D eigenvalue weighted by Gasteiger charge is -2.42. The Labute approximate surface area is 328 Å². The van der Waals surface area contributed by atoms with Crippen LogP contribution < -0.4 is 15.0 Å². The number of alkyl carbamates (subject to hydrolysis) is 1. The number of carbonyl (C=O) groups excluding carboxylic acids is 4. The molecule has 1 unspecified atom stereocenters. The number of allylic oxidation sites excluding steroid dienone is 3. The summed E-state index contributed by atoms with van der Waals surface area (Å²) in [5.41, 5.74) is -0.882. The molecule has 9 atom stereocenters. The van der Waals surface area contributed by atoms with E-state index in [1.54, 1.807) is 64.0 Å². The van der Waals surface area contributed by atoms with Gasteiger partial charge in [-0.3, -0.25) is 14.9 Å². The molecule has 54 heavy (non-hydrogen) atoms. The number of epoxide rings is 1. The molecule has 300 valence electrons. The molecule has 0 spiro atoms. The van der Waals surface area contributed by atoms with Gasteiger partial charge in [0.25, 0.3) is 0 Å². The van der Waals surface area contributed by atoms with Crippen LogP contribution in [0.4, 0.5) is 10.5 Å². The van der Waals surface area contributed by atoms with Crippen molar-refractivity contribution in [3.05, 3.63) is 46.5 Å². The molecule has 2 fully saturated rings. The van der Waals surface area contributed by atoms with E-state index in [2.05, 4.69) is 12.2 Å². The van der Waals surface area contributed by atoms with E-state index in [-0.39, 0.29) is 30.2 Å². The third kappa shape index (κ3) is 9.92. The number of hydrogen-bond acceptors (Lipinski definition) is 11. The summed E-state index contributed by atoms with van der Waals surface area (Å²) in [6, 6.07) is 2.64. The van der Waals surface area contributed by atoms with E-state index < -0.39 is 65.7 Å². The first-order valence-electron chi connectivity index (χ1n) is 18.2. The van der Waals surface area contributed by atoms with Crippen LogP contribution in [0, 0.1) is 11.8 Å². The van der Waals surface area contributed by atoms with Gasteiger partial charge >= 0.3 is 12.1 Å². The summed E-state index contributed by atoms with van der Waals surface area (Å²) in [5, 5.41) is 14.5. The second-order valence-corrected chi connectivity index (χ2v) is 16.3. The molecule has 3 aliphatic heterocycles. The summed E-state index contributed by atoms with van der Waals surface area (Å²) in [5.74, 6) is -0.194. The third-order valence-corrected chi connectivity index (χ3v) is 12.1. The van der Waals surface area contributed by atoms with Gasteiger partial charge in [-0.1, -0.05) is 49.2 Å². The molecule has 1 aromatic rings. The highest BCUT2D eigenvalue weighted by Gasteiger charge is 2.64. The fourth-order valence-corrected chi connectivity index (χ4v) is 8.18. The highest BCUT2D eigenvalue weighted by Crippen LogP contribution is 2.49. The van der Waals surface area contributed by atoms with Gasteiger partial charge in [-0.2, -0.15) is 11.8 Å². The first-order valence-corrected chi connectivity index (χ1v) is 20.0. The Balaban J connectivity index is 1.72. The number of amides is 3. The zero-order chi connectivity index (χ0) is 40.1. The molecule has 2 N–H and O–H groups in total. The van der Waals surface area contributed by atoms with E-state index >= 15 is 0 Å². The number of ether oxygens (including phenoxy) is 5. The van der Waals surface area contributed by atoms with Gasteiger partial charge in [-0.25, -0.2) is 9.59 Å². The number of aliphatic hydroxyl groups is 1. The molecule has 1 aromatic carbocycles. The molecule has 15 heteroatoms. The molecule has 0 aromatic heterocycles. The van der Waals surface area contributed by atoms with Crippen molar-refractivity contribution in [3.63, 3.8) is 0 Å². The Hall–Kier alpha value is -3.30. The first kappa shape index (κ1) is 43.4. The number of methoxy groups -OCH3 is 2. The molecule has 3 aliphatic rings. The van der Waals surface area contributed by atoms with Crippen LogP contribution in [0.15, 0.2) is 35.9 Å². The number of nitrogens with one attached hydrogen (secondary N) is 1. The maximum Gasteiger partial charge on any atom is 0.409 e. The van der Waals surface area contributed by atoms with Gasteiger partial charge in [0.05, 0.1) is 25.3 Å². The molecule has 3 heterocycles. The van der Waals surface area contributed by atoms with Gasteiger partial charge in [-0.05, 0) is 69.2 Å². The molecule has 3 amide bonds. The molecule has 4 rings (SSSR count). The normalized spacial score (nSPS) is 31.4. The van der Waals surface area contributed by atoms with Crippen LogP contribution in [0.5, 0.6) is 5.75 Å². The number of fused-ring (bicyclic) bond motifs is 5. The van der Waals surface area contributed by atoms with Crippen molar-refractivity contribution in [1.29, 1.82) is 0 Å². The van der Waals surface area contributed by atoms with Crippen molar-refractivity contribution in [1.82, 2.24) is 10.2 Å². The second kappa shape index (κ2) is 18.1. The molecule has 0 radical (unpaired) electrons. The number of hydrogen-bond donors (Lipinski definition) is 2. The maximum absolute atomic E-state index is 14.2. The number of thioether (sulfide) groups is 1. The summed E-state index contributed by atoms with van der Waals surface area (Å²) >= 11 is 8.49. The van der Waals surface area contributed by atoms with E-state index in [9.17, 15) is 24.3 Å². The highest BCUT2D eigenvalue weighted by molar-refractivity contribution is 7.98. The zero-order valence-corrected chi connectivity index (χ0v) is 34.5. The van der Waals surface area contributed by atoms with E-state index in [0.29, 0.717) is 30.2 Å². The van der Waals surface area contributed by atoms with Crippen molar-refractivity contribution in [2.75, 3.05) is 45.2 Å². The average molecular weight is 794 g/mol. The summed E-state index contributed by atoms with van der Waals surface area (Å²) in [6.07, 6.45) is 4.00. The molecule has 2 saturated heterocycles. The minimum absolute atomic E-state index is 0.0445. The Kier molecular flexibility index (Phi) is 14.6. The fraction of sp³-hybridized carbons (Fsp3) is 0.641. The van der Waals surface area contributed by atoms with Crippen molar-refractivity contribution in [2.24, 2.45) is 11.8 Å². The number of likely N-dealkylation sites (N-methyl/N-ethyl adjacent to an activating group) is 1. The molecule has 13 nitrogen and oxygen atoms in total. The topological polar surface area (TPSA) is 156 Å². The van der Waals surface area contributed by atoms with Gasteiger partial charge in [0.2, 0.25) is 11.8 Å². The van der Waals surface area contributed by atoms with Gasteiger partial charge in [0.1, 0.15) is 40.7 Å². The van der Waals surface area contributed by atoms with Crippen LogP contribution in [-0.2, 0) is 39.8 Å². The number of halogens is 1. The van der Waals surface area contributed by atoms with Crippen LogP contribution in [-0.4, -0.2) is 116 Å². The Bertz CT molecular complexity index is 1620. The smallest absolute Gasteiger partial charge is 0.409 e. The standard InChI is InChI=1S/C39H56ClN3O10S/c1-22-12-11-13-30(50-9)39(48)20-29(51-37(47)41-39)24(3)35-38(5,53-35)31(52-36(46)25(4)42(6)32(44)15-14-23(2)21-54-10)19-33(45)43(7)27-17-26(16-22)18-28(49-8)34(27)40/h11-13,17-18,23-25,29-31,35,48H,14-16,19-21H2,1-10H3,(H,41,47)/b13-11+,22-12+/t23?,24-,25+,29+,30-,31+,35+,38+,39+/m1/s1. The molecular formula is C39H56ClN3O10S. The van der Waals surface area contributed by atoms with Gasteiger partial charge in [-0.15, -0.1) is 0 Å². The van der Waals surface area contributed by atoms with E-state index in [0.717, 1.165) is 16.9 Å². The molecule has 0 saturated carbocycles. The zero-order valence-electron chi connectivity index (χ0n) is 33.0. The number of carbonyl (C=O) groups is 4. The van der Waals surface area contributed by atoms with E-state index in [1.807, 2.05) is 26.2 Å². The summed E-state index contributed by atoms with van der Waals surface area (Å²) < 4.78 is 29.3. The maximum atomic E-state index is 14.2. The fourth-order valence-electron chi connectivity index (χ4n) is 7.13. The minimum Gasteiger partial charge on any atom is -0.495 e. The lowest BCUT2D eigenvalue weighted by molar-refractivity contribution is -0.162. The quantitative estimate of drug-likeness (QED) is 0.234. The predicted octanol–water partition coefficient (Wildman–Crippen LogP) is 5.29. The van der Waals surface area contributed by atoms with Crippen molar-refractivity contribution >= 4 is 52.9 Å². The Morgan fingerprint density at radius 2 is 1.94 bits per heavy atom. The van der Waals surface area contributed by atoms with E-state index in [1.165, 1.54) is 24.0 Å². The highest BCUT2D eigenvalue weighted by atomic mass is 35.5. The Morgan fingerprint density at radius 1 is 1.24 bits per heavy atom. The van der Waals surface area contributed by atoms with Gasteiger partial charge in [0, 0.05) is 40.0 Å². The largest absolute Gasteiger partial charge is 0.495 e. The third-order valence-electron chi connectivity index (χ3n) is 10.8.